The molecule has 10 heteroatoms. The van der Waals surface area contributed by atoms with Crippen LogP contribution < -0.4 is 0 Å². The average Bonchev–Trinajstić information content (AvgIpc) is 3.49. The summed E-state index contributed by atoms with van der Waals surface area (Å²) >= 11 is 0. The van der Waals surface area contributed by atoms with E-state index in [-0.39, 0.29) is 29.2 Å². The number of ketones is 1. The maximum atomic E-state index is 12.8. The number of oxazole rings is 1. The van der Waals surface area contributed by atoms with Gasteiger partial charge in [0.05, 0.1) is 5.69 Å². The van der Waals surface area contributed by atoms with Crippen LogP contribution in [0.15, 0.2) is 64.0 Å². The first-order valence-corrected chi connectivity index (χ1v) is 10.0. The number of benzene rings is 1. The van der Waals surface area contributed by atoms with Crippen molar-refractivity contribution in [3.63, 3.8) is 0 Å². The summed E-state index contributed by atoms with van der Waals surface area (Å²) in [4.78, 5) is 24.6. The second kappa shape index (κ2) is 8.61. The van der Waals surface area contributed by atoms with E-state index >= 15 is 0 Å². The summed E-state index contributed by atoms with van der Waals surface area (Å²) in [5, 5.41) is 3.33. The molecular formula is C23H19F3N4O3. The van der Waals surface area contributed by atoms with E-state index in [4.69, 9.17) is 4.42 Å². The van der Waals surface area contributed by atoms with Crippen LogP contribution in [-0.2, 0) is 11.6 Å². The summed E-state index contributed by atoms with van der Waals surface area (Å²) in [6.45, 7) is 3.92. The van der Waals surface area contributed by atoms with Crippen molar-refractivity contribution in [3.05, 3.63) is 72.2 Å². The monoisotopic (exact) mass is 456 g/mol. The lowest BCUT2D eigenvalue weighted by Crippen LogP contribution is -2.19. The predicted molar refractivity (Wildman–Crippen MR) is 111 cm³/mol. The number of carbonyl (C=O) groups is 1. The highest BCUT2D eigenvalue weighted by Crippen LogP contribution is 2.32. The van der Waals surface area contributed by atoms with E-state index in [1.54, 1.807) is 6.26 Å². The molecule has 0 spiro atoms. The standard InChI is InChI=1S/C23H19F3N4O3/c1-22(2,18-13-32-20(28-18)14-6-4-3-5-7-14)9-8-17(31)15-10-16(12-27-11-15)19-29-21(33-30-19)23(24,25)26/h3-7,10-13H,8-9H2,1-2H3. The quantitative estimate of drug-likeness (QED) is 0.327. The highest BCUT2D eigenvalue weighted by molar-refractivity contribution is 5.96. The summed E-state index contributed by atoms with van der Waals surface area (Å²) < 4.78 is 47.9. The van der Waals surface area contributed by atoms with Gasteiger partial charge in [-0.2, -0.15) is 18.2 Å². The van der Waals surface area contributed by atoms with Crippen LogP contribution >= 0.6 is 0 Å². The molecule has 4 rings (SSSR count). The van der Waals surface area contributed by atoms with Crippen molar-refractivity contribution in [2.24, 2.45) is 0 Å². The first kappa shape index (κ1) is 22.4. The van der Waals surface area contributed by atoms with Crippen LogP contribution in [0.5, 0.6) is 0 Å². The van der Waals surface area contributed by atoms with Crippen LogP contribution in [0.3, 0.4) is 0 Å². The minimum absolute atomic E-state index is 0.156. The minimum atomic E-state index is -4.75. The summed E-state index contributed by atoms with van der Waals surface area (Å²) in [5.41, 5.74) is 1.52. The van der Waals surface area contributed by atoms with Crippen molar-refractivity contribution in [1.82, 2.24) is 20.1 Å². The molecule has 0 aliphatic carbocycles. The van der Waals surface area contributed by atoms with E-state index in [2.05, 4.69) is 24.6 Å². The molecule has 0 atom stereocenters. The van der Waals surface area contributed by atoms with Gasteiger partial charge in [0.15, 0.2) is 5.78 Å². The zero-order chi connectivity index (χ0) is 23.6. The van der Waals surface area contributed by atoms with Gasteiger partial charge in [-0.05, 0) is 24.6 Å². The van der Waals surface area contributed by atoms with Crippen molar-refractivity contribution in [2.75, 3.05) is 0 Å². The van der Waals surface area contributed by atoms with Crippen molar-refractivity contribution >= 4 is 5.78 Å². The van der Waals surface area contributed by atoms with Gasteiger partial charge in [-0.15, -0.1) is 0 Å². The van der Waals surface area contributed by atoms with Gasteiger partial charge in [-0.3, -0.25) is 9.78 Å². The number of Topliss-reactive ketones (excluding diaryl/α,β-unsaturated/α-hetero) is 1. The Morgan fingerprint density at radius 2 is 1.79 bits per heavy atom. The molecule has 0 bridgehead atoms. The van der Waals surface area contributed by atoms with Crippen LogP contribution in [0.25, 0.3) is 22.8 Å². The number of alkyl halides is 3. The van der Waals surface area contributed by atoms with Gasteiger partial charge < -0.3 is 8.94 Å². The lowest BCUT2D eigenvalue weighted by atomic mass is 9.83. The van der Waals surface area contributed by atoms with E-state index in [0.717, 1.165) is 5.56 Å². The lowest BCUT2D eigenvalue weighted by Gasteiger charge is -2.21. The Hall–Kier alpha value is -3.82. The topological polar surface area (TPSA) is 94.9 Å². The molecule has 33 heavy (non-hydrogen) atoms. The Bertz CT molecular complexity index is 1260. The second-order valence-electron chi connectivity index (χ2n) is 8.09. The maximum absolute atomic E-state index is 12.8. The smallest absolute Gasteiger partial charge is 0.444 e. The first-order valence-electron chi connectivity index (χ1n) is 10.0. The van der Waals surface area contributed by atoms with E-state index in [0.29, 0.717) is 18.0 Å². The van der Waals surface area contributed by atoms with Crippen molar-refractivity contribution in [2.45, 2.75) is 38.3 Å². The van der Waals surface area contributed by atoms with Gasteiger partial charge in [-0.25, -0.2) is 4.98 Å². The van der Waals surface area contributed by atoms with Crippen LogP contribution in [0.2, 0.25) is 0 Å². The Morgan fingerprint density at radius 1 is 1.03 bits per heavy atom. The third kappa shape index (κ3) is 5.00. The molecule has 0 N–H and O–H groups in total. The Kier molecular flexibility index (Phi) is 5.84. The summed E-state index contributed by atoms with van der Waals surface area (Å²) in [6, 6.07) is 10.9. The summed E-state index contributed by atoms with van der Waals surface area (Å²) in [6.07, 6.45) is 0.102. The molecule has 4 aromatic rings. The number of rotatable bonds is 7. The van der Waals surface area contributed by atoms with Crippen LogP contribution in [0.4, 0.5) is 13.2 Å². The molecule has 0 amide bonds. The SMILES string of the molecule is CC(C)(CCC(=O)c1cncc(-c2noc(C(F)(F)F)n2)c1)c1coc(-c2ccccc2)n1. The van der Waals surface area contributed by atoms with Crippen molar-refractivity contribution in [3.8, 4) is 22.8 Å². The molecule has 0 unspecified atom stereocenters. The molecule has 7 nitrogen and oxygen atoms in total. The fourth-order valence-corrected chi connectivity index (χ4v) is 3.17. The molecule has 0 aliphatic heterocycles. The van der Waals surface area contributed by atoms with E-state index in [9.17, 15) is 18.0 Å². The molecule has 0 saturated heterocycles. The molecular weight excluding hydrogens is 437 g/mol. The number of hydrogen-bond donors (Lipinski definition) is 0. The Labute approximate surface area is 186 Å². The number of nitrogens with zero attached hydrogens (tertiary/aromatic N) is 4. The fraction of sp³-hybridized carbons (Fsp3) is 0.261. The highest BCUT2D eigenvalue weighted by Gasteiger charge is 2.38. The fourth-order valence-electron chi connectivity index (χ4n) is 3.17. The number of halogens is 3. The number of carbonyl (C=O) groups excluding carboxylic acids is 1. The maximum Gasteiger partial charge on any atom is 0.471 e. The largest absolute Gasteiger partial charge is 0.471 e. The zero-order valence-electron chi connectivity index (χ0n) is 17.8. The Balaban J connectivity index is 1.45. The Morgan fingerprint density at radius 3 is 2.48 bits per heavy atom. The zero-order valence-corrected chi connectivity index (χ0v) is 17.8. The van der Waals surface area contributed by atoms with Crippen molar-refractivity contribution in [1.29, 1.82) is 0 Å². The summed E-state index contributed by atoms with van der Waals surface area (Å²) in [7, 11) is 0. The van der Waals surface area contributed by atoms with E-state index in [1.807, 2.05) is 44.2 Å². The molecule has 0 fully saturated rings. The van der Waals surface area contributed by atoms with Crippen LogP contribution in [-0.4, -0.2) is 25.9 Å². The van der Waals surface area contributed by atoms with Gasteiger partial charge in [-0.1, -0.05) is 37.2 Å². The minimum Gasteiger partial charge on any atom is -0.444 e. The summed E-state index contributed by atoms with van der Waals surface area (Å²) in [5.74, 6) is -1.47. The first-order chi connectivity index (χ1) is 15.6. The third-order valence-electron chi connectivity index (χ3n) is 5.18. The van der Waals surface area contributed by atoms with E-state index < -0.39 is 17.5 Å². The number of hydrogen-bond acceptors (Lipinski definition) is 7. The van der Waals surface area contributed by atoms with Gasteiger partial charge in [0, 0.05) is 40.9 Å². The third-order valence-corrected chi connectivity index (χ3v) is 5.18. The molecule has 3 aromatic heterocycles. The van der Waals surface area contributed by atoms with Crippen LogP contribution in [0.1, 0.15) is 48.6 Å². The molecule has 0 aliphatic rings. The van der Waals surface area contributed by atoms with Gasteiger partial charge in [0.25, 0.3) is 0 Å². The van der Waals surface area contributed by atoms with Gasteiger partial charge >= 0.3 is 12.1 Å². The van der Waals surface area contributed by atoms with Gasteiger partial charge in [0.1, 0.15) is 6.26 Å². The molecule has 170 valence electrons. The average molecular weight is 456 g/mol. The van der Waals surface area contributed by atoms with Gasteiger partial charge in [0.2, 0.25) is 11.7 Å². The second-order valence-corrected chi connectivity index (χ2v) is 8.09. The van der Waals surface area contributed by atoms with E-state index in [1.165, 1.54) is 18.5 Å². The molecule has 1 aromatic carbocycles. The van der Waals surface area contributed by atoms with Crippen LogP contribution in [0, 0.1) is 0 Å². The molecule has 0 radical (unpaired) electrons. The highest BCUT2D eigenvalue weighted by atomic mass is 19.4. The number of pyridine rings is 1. The van der Waals surface area contributed by atoms with Crippen molar-refractivity contribution < 1.29 is 26.9 Å². The normalized spacial score (nSPS) is 12.2. The molecule has 0 saturated carbocycles. The predicted octanol–water partition coefficient (Wildman–Crippen LogP) is 5.75. The lowest BCUT2D eigenvalue weighted by molar-refractivity contribution is -0.159. The number of aromatic nitrogens is 4. The molecule has 3 heterocycles.